The Balaban J connectivity index is 1.08. The predicted octanol–water partition coefficient (Wildman–Crippen LogP) is 4.25. The first-order valence-electron chi connectivity index (χ1n) is 11.5. The average molecular weight is 521 g/mol. The van der Waals surface area contributed by atoms with Gasteiger partial charge < -0.3 is 19.6 Å². The Morgan fingerprint density at radius 1 is 1.20 bits per heavy atom. The van der Waals surface area contributed by atoms with Crippen LogP contribution in [0.15, 0.2) is 23.4 Å². The van der Waals surface area contributed by atoms with Crippen molar-refractivity contribution in [2.24, 2.45) is 5.16 Å². The summed E-state index contributed by atoms with van der Waals surface area (Å²) in [7, 11) is 0. The van der Waals surface area contributed by atoms with E-state index >= 15 is 0 Å². The van der Waals surface area contributed by atoms with E-state index < -0.39 is 35.5 Å². The SMILES string of the molecule is O=C(CO[C@H]1C[C@@H](OC(F)(F)F)C1)NC12CCC(C3CC(c4ccc(Cl)c(F)c4)=NO3)(CC1)OC2. The fraction of sp³-hybridized carbons (Fsp3) is 0.652. The maximum atomic E-state index is 13.8. The first-order valence-corrected chi connectivity index (χ1v) is 11.9. The molecule has 1 amide bonds. The van der Waals surface area contributed by atoms with Crippen LogP contribution in [-0.2, 0) is 23.8 Å². The van der Waals surface area contributed by atoms with E-state index in [1.165, 1.54) is 12.1 Å². The third-order valence-electron chi connectivity index (χ3n) is 7.40. The topological polar surface area (TPSA) is 78.4 Å². The van der Waals surface area contributed by atoms with Crippen molar-refractivity contribution in [1.29, 1.82) is 0 Å². The summed E-state index contributed by atoms with van der Waals surface area (Å²) >= 11 is 5.76. The standard InChI is InChI=1S/C23H25ClF4N2O5/c24-16-2-1-13(7-17(16)25)18-10-19(35-30-18)22-5-3-21(4-6-22,12-33-22)29-20(31)11-32-14-8-15(9-14)34-23(26,27)28/h1-2,7,14-15,19H,3-6,8-12H2,(H,29,31)/t14-,15+,19?,21?,22?. The molecule has 1 atom stereocenters. The summed E-state index contributed by atoms with van der Waals surface area (Å²) in [6, 6.07) is 4.52. The van der Waals surface area contributed by atoms with Crippen LogP contribution in [0.5, 0.6) is 0 Å². The average Bonchev–Trinajstić information content (AvgIpc) is 3.28. The lowest BCUT2D eigenvalue weighted by Crippen LogP contribution is -2.66. The van der Waals surface area contributed by atoms with Crippen LogP contribution in [0.3, 0.4) is 0 Å². The van der Waals surface area contributed by atoms with Crippen LogP contribution in [0.2, 0.25) is 5.02 Å². The molecule has 0 aromatic heterocycles. The second kappa shape index (κ2) is 9.17. The van der Waals surface area contributed by atoms with Gasteiger partial charge in [-0.15, -0.1) is 13.2 Å². The third-order valence-corrected chi connectivity index (χ3v) is 7.71. The van der Waals surface area contributed by atoms with Gasteiger partial charge in [0.05, 0.1) is 35.1 Å². The third kappa shape index (κ3) is 5.28. The molecule has 4 fully saturated rings. The van der Waals surface area contributed by atoms with Crippen molar-refractivity contribution in [3.05, 3.63) is 34.6 Å². The normalized spacial score (nSPS) is 34.2. The lowest BCUT2D eigenvalue weighted by Gasteiger charge is -2.54. The van der Waals surface area contributed by atoms with Crippen LogP contribution in [-0.4, -0.2) is 60.6 Å². The summed E-state index contributed by atoms with van der Waals surface area (Å²) in [4.78, 5) is 18.2. The van der Waals surface area contributed by atoms with E-state index in [4.69, 9.17) is 25.9 Å². The van der Waals surface area contributed by atoms with Crippen molar-refractivity contribution < 1.29 is 41.4 Å². The number of hydrogen-bond donors (Lipinski definition) is 1. The number of nitrogens with one attached hydrogen (secondary N) is 1. The molecule has 6 rings (SSSR count). The van der Waals surface area contributed by atoms with Crippen LogP contribution in [0.1, 0.15) is 50.5 Å². The van der Waals surface area contributed by atoms with Gasteiger partial charge in [-0.1, -0.05) is 22.8 Å². The van der Waals surface area contributed by atoms with Crippen molar-refractivity contribution >= 4 is 23.2 Å². The number of alkyl halides is 3. The quantitative estimate of drug-likeness (QED) is 0.544. The van der Waals surface area contributed by atoms with Gasteiger partial charge in [0.25, 0.3) is 0 Å². The summed E-state index contributed by atoms with van der Waals surface area (Å²) in [6.45, 7) is 0.0886. The second-order valence-corrected chi connectivity index (χ2v) is 10.1. The van der Waals surface area contributed by atoms with Gasteiger partial charge in [-0.25, -0.2) is 4.39 Å². The zero-order valence-corrected chi connectivity index (χ0v) is 19.5. The number of ether oxygens (including phenoxy) is 3. The molecule has 2 aliphatic carbocycles. The lowest BCUT2D eigenvalue weighted by molar-refractivity contribution is -0.357. The van der Waals surface area contributed by atoms with E-state index in [1.807, 2.05) is 0 Å². The summed E-state index contributed by atoms with van der Waals surface area (Å²) in [5.74, 6) is -0.841. The molecule has 12 heteroatoms. The van der Waals surface area contributed by atoms with Crippen molar-refractivity contribution in [2.45, 2.75) is 80.8 Å². The zero-order valence-electron chi connectivity index (χ0n) is 18.7. The molecule has 1 aromatic rings. The van der Waals surface area contributed by atoms with E-state index in [1.54, 1.807) is 6.07 Å². The number of halogens is 5. The van der Waals surface area contributed by atoms with Crippen molar-refractivity contribution in [3.63, 3.8) is 0 Å². The van der Waals surface area contributed by atoms with Gasteiger partial charge in [0, 0.05) is 24.8 Å². The molecule has 3 heterocycles. The maximum absolute atomic E-state index is 13.8. The molecule has 2 saturated carbocycles. The number of rotatable bonds is 7. The molecule has 3 aliphatic heterocycles. The van der Waals surface area contributed by atoms with E-state index in [2.05, 4.69) is 15.2 Å². The fourth-order valence-corrected chi connectivity index (χ4v) is 5.39. The van der Waals surface area contributed by atoms with Crippen LogP contribution >= 0.6 is 11.6 Å². The first-order chi connectivity index (χ1) is 16.5. The van der Waals surface area contributed by atoms with Gasteiger partial charge in [0.2, 0.25) is 5.91 Å². The van der Waals surface area contributed by atoms with E-state index in [0.717, 1.165) is 0 Å². The second-order valence-electron chi connectivity index (χ2n) is 9.74. The highest BCUT2D eigenvalue weighted by atomic mass is 35.5. The minimum atomic E-state index is -4.66. The minimum absolute atomic E-state index is 0.0439. The Hall–Kier alpha value is -1.95. The van der Waals surface area contributed by atoms with Crippen molar-refractivity contribution in [1.82, 2.24) is 5.32 Å². The summed E-state index contributed by atoms with van der Waals surface area (Å²) in [6.07, 6.45) is -2.90. The number of benzene rings is 1. The van der Waals surface area contributed by atoms with Crippen molar-refractivity contribution in [3.8, 4) is 0 Å². The molecule has 1 unspecified atom stereocenters. The molecule has 0 radical (unpaired) electrons. The van der Waals surface area contributed by atoms with Gasteiger partial charge in [0.15, 0.2) is 6.10 Å². The Labute approximate surface area is 204 Å². The summed E-state index contributed by atoms with van der Waals surface area (Å²) < 4.78 is 66.0. The molecule has 192 valence electrons. The summed E-state index contributed by atoms with van der Waals surface area (Å²) in [5.41, 5.74) is 0.210. The van der Waals surface area contributed by atoms with Crippen molar-refractivity contribution in [2.75, 3.05) is 13.2 Å². The number of amides is 1. The minimum Gasteiger partial charge on any atom is -0.389 e. The smallest absolute Gasteiger partial charge is 0.389 e. The number of carbonyl (C=O) groups excluding carboxylic acids is 1. The van der Waals surface area contributed by atoms with E-state index in [0.29, 0.717) is 50.0 Å². The Morgan fingerprint density at radius 2 is 1.94 bits per heavy atom. The van der Waals surface area contributed by atoms with Gasteiger partial charge >= 0.3 is 6.36 Å². The Morgan fingerprint density at radius 3 is 2.57 bits per heavy atom. The Kier molecular flexibility index (Phi) is 6.48. The lowest BCUT2D eigenvalue weighted by atomic mass is 9.68. The van der Waals surface area contributed by atoms with Gasteiger partial charge in [-0.05, 0) is 37.8 Å². The Bertz CT molecular complexity index is 990. The van der Waals surface area contributed by atoms with E-state index in [9.17, 15) is 22.4 Å². The first kappa shape index (κ1) is 24.7. The number of carbonyl (C=O) groups is 1. The van der Waals surface area contributed by atoms with Gasteiger partial charge in [-0.3, -0.25) is 9.53 Å². The van der Waals surface area contributed by atoms with Crippen LogP contribution in [0, 0.1) is 5.82 Å². The predicted molar refractivity (Wildman–Crippen MR) is 115 cm³/mol. The zero-order chi connectivity index (χ0) is 24.8. The molecule has 1 aromatic carbocycles. The molecule has 7 nitrogen and oxygen atoms in total. The molecule has 35 heavy (non-hydrogen) atoms. The number of hydrogen-bond acceptors (Lipinski definition) is 6. The number of oxime groups is 1. The fourth-order valence-electron chi connectivity index (χ4n) is 5.27. The van der Waals surface area contributed by atoms with Crippen LogP contribution < -0.4 is 5.32 Å². The van der Waals surface area contributed by atoms with Gasteiger partial charge in [0.1, 0.15) is 18.0 Å². The largest absolute Gasteiger partial charge is 0.522 e. The van der Waals surface area contributed by atoms with Gasteiger partial charge in [-0.2, -0.15) is 0 Å². The molecule has 2 saturated heterocycles. The van der Waals surface area contributed by atoms with Crippen LogP contribution in [0.25, 0.3) is 0 Å². The number of fused-ring (bicyclic) bond motifs is 3. The monoisotopic (exact) mass is 520 g/mol. The number of nitrogens with zero attached hydrogens (tertiary/aromatic N) is 1. The highest BCUT2D eigenvalue weighted by Gasteiger charge is 2.56. The molecular formula is C23H25ClF4N2O5. The highest BCUT2D eigenvalue weighted by Crippen LogP contribution is 2.48. The van der Waals surface area contributed by atoms with Crippen LogP contribution in [0.4, 0.5) is 17.6 Å². The van der Waals surface area contributed by atoms with E-state index in [-0.39, 0.29) is 36.5 Å². The molecule has 5 aliphatic rings. The molecule has 1 N–H and O–H groups in total. The molecular weight excluding hydrogens is 496 g/mol. The maximum Gasteiger partial charge on any atom is 0.522 e. The highest BCUT2D eigenvalue weighted by molar-refractivity contribution is 6.30. The molecule has 0 spiro atoms. The molecule has 2 bridgehead atoms. The summed E-state index contributed by atoms with van der Waals surface area (Å²) in [5, 5.41) is 7.20.